The number of rotatable bonds is 5. The maximum Gasteiger partial charge on any atom is 0.231 e. The Morgan fingerprint density at radius 2 is 1.70 bits per heavy atom. The van der Waals surface area contributed by atoms with Gasteiger partial charge < -0.3 is 10.1 Å². The van der Waals surface area contributed by atoms with Gasteiger partial charge in [0, 0.05) is 0 Å². The third-order valence-electron chi connectivity index (χ3n) is 4.09. The molecule has 0 aliphatic carbocycles. The summed E-state index contributed by atoms with van der Waals surface area (Å²) in [5, 5.41) is 2.99. The molecule has 0 radical (unpaired) electrons. The second kappa shape index (κ2) is 7.32. The Balaban J connectivity index is 2.25. The van der Waals surface area contributed by atoms with Gasteiger partial charge in [-0.2, -0.15) is 0 Å². The molecule has 23 heavy (non-hydrogen) atoms. The lowest BCUT2D eigenvalue weighted by Gasteiger charge is -2.19. The highest BCUT2D eigenvalue weighted by atomic mass is 16.5. The lowest BCUT2D eigenvalue weighted by molar-refractivity contribution is -0.117. The van der Waals surface area contributed by atoms with Crippen LogP contribution >= 0.6 is 0 Å². The molecular weight excluding hydrogens is 286 g/mol. The zero-order valence-electron chi connectivity index (χ0n) is 14.5. The quantitative estimate of drug-likeness (QED) is 0.855. The summed E-state index contributed by atoms with van der Waals surface area (Å²) in [6, 6.07) is 13.9. The van der Waals surface area contributed by atoms with E-state index in [1.54, 1.807) is 7.11 Å². The molecule has 2 aromatic carbocycles. The van der Waals surface area contributed by atoms with E-state index in [1.165, 1.54) is 5.56 Å². The van der Waals surface area contributed by atoms with Gasteiger partial charge in [0.25, 0.3) is 0 Å². The smallest absolute Gasteiger partial charge is 0.231 e. The van der Waals surface area contributed by atoms with Crippen LogP contribution in [-0.2, 0) is 4.79 Å². The maximum absolute atomic E-state index is 12.7. The number of carbonyl (C=O) groups excluding carboxylic acids is 1. The van der Waals surface area contributed by atoms with Crippen molar-refractivity contribution in [3.63, 3.8) is 0 Å². The summed E-state index contributed by atoms with van der Waals surface area (Å²) in [6.07, 6.45) is 0. The van der Waals surface area contributed by atoms with Crippen LogP contribution in [-0.4, -0.2) is 13.0 Å². The number of anilines is 1. The first-order chi connectivity index (χ1) is 10.9. The monoisotopic (exact) mass is 311 g/mol. The lowest BCUT2D eigenvalue weighted by Crippen LogP contribution is -2.20. The molecule has 1 amide bonds. The minimum absolute atomic E-state index is 0.0275. The molecule has 3 heteroatoms. The highest BCUT2D eigenvalue weighted by Crippen LogP contribution is 2.29. The van der Waals surface area contributed by atoms with Crippen molar-refractivity contribution in [3.05, 3.63) is 59.2 Å². The van der Waals surface area contributed by atoms with Gasteiger partial charge in [-0.25, -0.2) is 0 Å². The van der Waals surface area contributed by atoms with Crippen LogP contribution in [0.5, 0.6) is 5.75 Å². The maximum atomic E-state index is 12.7. The molecule has 0 heterocycles. The summed E-state index contributed by atoms with van der Waals surface area (Å²) in [5.74, 6) is 0.818. The number of amides is 1. The summed E-state index contributed by atoms with van der Waals surface area (Å²) in [5.41, 5.74) is 4.09. The van der Waals surface area contributed by atoms with Crippen molar-refractivity contribution < 1.29 is 9.53 Å². The van der Waals surface area contributed by atoms with Crippen LogP contribution in [0.4, 0.5) is 5.69 Å². The number of nitrogens with one attached hydrogen (secondary N) is 1. The molecule has 0 unspecified atom stereocenters. The predicted octanol–water partition coefficient (Wildman–Crippen LogP) is 4.87. The first kappa shape index (κ1) is 17.1. The van der Waals surface area contributed by atoms with Gasteiger partial charge >= 0.3 is 0 Å². The molecule has 0 fully saturated rings. The van der Waals surface area contributed by atoms with Crippen LogP contribution < -0.4 is 10.1 Å². The minimum Gasteiger partial charge on any atom is -0.495 e. The van der Waals surface area contributed by atoms with E-state index < -0.39 is 0 Å². The number of methoxy groups -OCH3 is 1. The van der Waals surface area contributed by atoms with Gasteiger partial charge in [0.05, 0.1) is 18.7 Å². The summed E-state index contributed by atoms with van der Waals surface area (Å²) in [4.78, 5) is 12.7. The molecule has 0 spiro atoms. The first-order valence-electron chi connectivity index (χ1n) is 7.98. The first-order valence-corrected chi connectivity index (χ1v) is 7.98. The standard InChI is InChI=1S/C20H25NO2/c1-13(2)16-8-6-7-9-17(16)15(4)20(22)21-18-11-10-14(3)12-19(18)23-5/h6-13,15H,1-5H3,(H,21,22)/t15-/m1/s1. The molecule has 1 atom stereocenters. The van der Waals surface area contributed by atoms with E-state index in [0.717, 1.165) is 11.1 Å². The van der Waals surface area contributed by atoms with Crippen LogP contribution in [0.15, 0.2) is 42.5 Å². The summed E-state index contributed by atoms with van der Waals surface area (Å²) in [6.45, 7) is 8.23. The minimum atomic E-state index is -0.223. The fourth-order valence-corrected chi connectivity index (χ4v) is 2.71. The topological polar surface area (TPSA) is 38.3 Å². The second-order valence-electron chi connectivity index (χ2n) is 6.20. The molecule has 2 aromatic rings. The van der Waals surface area contributed by atoms with Crippen molar-refractivity contribution in [1.29, 1.82) is 0 Å². The van der Waals surface area contributed by atoms with Gasteiger partial charge in [0.1, 0.15) is 5.75 Å². The molecule has 2 rings (SSSR count). The van der Waals surface area contributed by atoms with E-state index in [9.17, 15) is 4.79 Å². The number of aryl methyl sites for hydroxylation is 1. The Labute approximate surface area is 138 Å². The molecular formula is C20H25NO2. The van der Waals surface area contributed by atoms with Gasteiger partial charge in [-0.15, -0.1) is 0 Å². The Morgan fingerprint density at radius 3 is 2.30 bits per heavy atom. The molecule has 0 bridgehead atoms. The predicted molar refractivity (Wildman–Crippen MR) is 95.3 cm³/mol. The second-order valence-corrected chi connectivity index (χ2v) is 6.20. The lowest BCUT2D eigenvalue weighted by atomic mass is 9.89. The van der Waals surface area contributed by atoms with E-state index in [2.05, 4.69) is 25.2 Å². The van der Waals surface area contributed by atoms with Gasteiger partial charge in [-0.05, 0) is 48.6 Å². The van der Waals surface area contributed by atoms with E-state index in [4.69, 9.17) is 4.74 Å². The Morgan fingerprint density at radius 1 is 1.04 bits per heavy atom. The Bertz CT molecular complexity index is 692. The summed E-state index contributed by atoms with van der Waals surface area (Å²) in [7, 11) is 1.61. The fraction of sp³-hybridized carbons (Fsp3) is 0.350. The fourth-order valence-electron chi connectivity index (χ4n) is 2.71. The number of carbonyl (C=O) groups is 1. The van der Waals surface area contributed by atoms with Crippen LogP contribution in [0.1, 0.15) is 49.3 Å². The SMILES string of the molecule is COc1cc(C)ccc1NC(=O)[C@H](C)c1ccccc1C(C)C. The van der Waals surface area contributed by atoms with Crippen molar-refractivity contribution in [3.8, 4) is 5.75 Å². The average molecular weight is 311 g/mol. The van der Waals surface area contributed by atoms with Gasteiger partial charge in [0.2, 0.25) is 5.91 Å². The number of benzene rings is 2. The van der Waals surface area contributed by atoms with Gasteiger partial charge in [-0.1, -0.05) is 44.2 Å². The van der Waals surface area contributed by atoms with Crippen molar-refractivity contribution >= 4 is 11.6 Å². The molecule has 0 aliphatic heterocycles. The van der Waals surface area contributed by atoms with Crippen molar-refractivity contribution in [2.24, 2.45) is 0 Å². The normalized spacial score (nSPS) is 12.1. The number of ether oxygens (including phenoxy) is 1. The highest BCUT2D eigenvalue weighted by Gasteiger charge is 2.20. The summed E-state index contributed by atoms with van der Waals surface area (Å²) >= 11 is 0. The molecule has 122 valence electrons. The third-order valence-corrected chi connectivity index (χ3v) is 4.09. The van der Waals surface area contributed by atoms with E-state index >= 15 is 0 Å². The zero-order chi connectivity index (χ0) is 17.0. The van der Waals surface area contributed by atoms with E-state index in [0.29, 0.717) is 17.4 Å². The van der Waals surface area contributed by atoms with E-state index in [-0.39, 0.29) is 11.8 Å². The Hall–Kier alpha value is -2.29. The molecule has 0 saturated heterocycles. The van der Waals surface area contributed by atoms with E-state index in [1.807, 2.05) is 50.2 Å². The molecule has 0 aliphatic rings. The Kier molecular flexibility index (Phi) is 5.43. The van der Waals surface area contributed by atoms with Crippen LogP contribution in [0.25, 0.3) is 0 Å². The molecule has 0 saturated carbocycles. The van der Waals surface area contributed by atoms with Gasteiger partial charge in [-0.3, -0.25) is 4.79 Å². The highest BCUT2D eigenvalue weighted by molar-refractivity contribution is 5.97. The van der Waals surface area contributed by atoms with Gasteiger partial charge in [0.15, 0.2) is 0 Å². The molecule has 1 N–H and O–H groups in total. The van der Waals surface area contributed by atoms with Crippen molar-refractivity contribution in [1.82, 2.24) is 0 Å². The molecule has 0 aromatic heterocycles. The zero-order valence-corrected chi connectivity index (χ0v) is 14.5. The third kappa shape index (κ3) is 3.92. The van der Waals surface area contributed by atoms with Crippen LogP contribution in [0.3, 0.4) is 0 Å². The van der Waals surface area contributed by atoms with Crippen LogP contribution in [0.2, 0.25) is 0 Å². The average Bonchev–Trinajstić information content (AvgIpc) is 2.55. The summed E-state index contributed by atoms with van der Waals surface area (Å²) < 4.78 is 5.36. The largest absolute Gasteiger partial charge is 0.495 e. The van der Waals surface area contributed by atoms with Crippen molar-refractivity contribution in [2.45, 2.75) is 39.5 Å². The number of hydrogen-bond acceptors (Lipinski definition) is 2. The van der Waals surface area contributed by atoms with Crippen molar-refractivity contribution in [2.75, 3.05) is 12.4 Å². The molecule has 3 nitrogen and oxygen atoms in total. The van der Waals surface area contributed by atoms with Crippen LogP contribution in [0, 0.1) is 6.92 Å². The number of hydrogen-bond donors (Lipinski definition) is 1.